The lowest BCUT2D eigenvalue weighted by Crippen LogP contribution is -2.47. The largest absolute Gasteiger partial charge is 0.435 e. The van der Waals surface area contributed by atoms with Crippen molar-refractivity contribution in [1.29, 1.82) is 0 Å². The Morgan fingerprint density at radius 1 is 1.33 bits per heavy atom. The van der Waals surface area contributed by atoms with Crippen LogP contribution in [0, 0.1) is 5.92 Å². The van der Waals surface area contributed by atoms with Gasteiger partial charge in [-0.3, -0.25) is 4.90 Å². The number of hydrogen-bond acceptors (Lipinski definition) is 3. The lowest BCUT2D eigenvalue weighted by molar-refractivity contribution is -0.0498. The van der Waals surface area contributed by atoms with Crippen LogP contribution in [-0.2, 0) is 6.54 Å². The van der Waals surface area contributed by atoms with E-state index in [0.29, 0.717) is 18.5 Å². The average molecular weight is 321 g/mol. The van der Waals surface area contributed by atoms with Gasteiger partial charge in [0.2, 0.25) is 0 Å². The van der Waals surface area contributed by atoms with Crippen molar-refractivity contribution in [2.45, 2.75) is 39.0 Å². The molecule has 2 unspecified atom stereocenters. The van der Waals surface area contributed by atoms with Crippen molar-refractivity contribution in [3.05, 3.63) is 29.8 Å². The number of alkyl halides is 2. The summed E-state index contributed by atoms with van der Waals surface area (Å²) in [5.41, 5.74) is 6.97. The van der Waals surface area contributed by atoms with Crippen molar-refractivity contribution in [1.82, 2.24) is 4.90 Å². The van der Waals surface area contributed by atoms with Crippen LogP contribution in [0.1, 0.15) is 25.3 Å². The molecule has 3 nitrogen and oxygen atoms in total. The second-order valence-corrected chi connectivity index (χ2v) is 5.42. The van der Waals surface area contributed by atoms with Gasteiger partial charge in [-0.25, -0.2) is 0 Å². The van der Waals surface area contributed by atoms with Crippen molar-refractivity contribution in [3.8, 4) is 5.75 Å². The fourth-order valence-electron chi connectivity index (χ4n) is 2.92. The van der Waals surface area contributed by atoms with Crippen molar-refractivity contribution in [3.63, 3.8) is 0 Å². The maximum Gasteiger partial charge on any atom is 0.387 e. The molecule has 1 aromatic rings. The molecule has 2 atom stereocenters. The van der Waals surface area contributed by atoms with Gasteiger partial charge in [0.25, 0.3) is 0 Å². The molecule has 1 saturated heterocycles. The van der Waals surface area contributed by atoms with E-state index in [2.05, 4.69) is 16.6 Å². The number of piperidine rings is 1. The van der Waals surface area contributed by atoms with Gasteiger partial charge in [0.15, 0.2) is 0 Å². The van der Waals surface area contributed by atoms with E-state index in [0.717, 1.165) is 18.7 Å². The molecule has 0 saturated carbocycles. The number of likely N-dealkylation sites (tertiary alicyclic amines) is 1. The topological polar surface area (TPSA) is 38.5 Å². The van der Waals surface area contributed by atoms with Crippen molar-refractivity contribution >= 4 is 12.4 Å². The van der Waals surface area contributed by atoms with E-state index in [1.54, 1.807) is 12.1 Å². The standard InChI is InChI=1S/C15H22F2N2O.ClH/c1-11-3-2-8-19(14(11)9-18)10-12-4-6-13(7-5-12)20-15(16)17;/h4-7,11,14-15H,2-3,8-10,18H2,1H3;1H. The number of halogens is 3. The summed E-state index contributed by atoms with van der Waals surface area (Å²) in [5.74, 6) is 0.807. The monoisotopic (exact) mass is 320 g/mol. The van der Waals surface area contributed by atoms with E-state index in [-0.39, 0.29) is 18.2 Å². The van der Waals surface area contributed by atoms with Gasteiger partial charge in [0.1, 0.15) is 5.75 Å². The summed E-state index contributed by atoms with van der Waals surface area (Å²) in [7, 11) is 0. The second-order valence-electron chi connectivity index (χ2n) is 5.42. The van der Waals surface area contributed by atoms with Crippen molar-refractivity contribution in [2.75, 3.05) is 13.1 Å². The summed E-state index contributed by atoms with van der Waals surface area (Å²) in [4.78, 5) is 2.39. The Kier molecular flexibility index (Phi) is 7.35. The first-order valence-corrected chi connectivity index (χ1v) is 7.08. The molecule has 120 valence electrons. The summed E-state index contributed by atoms with van der Waals surface area (Å²) < 4.78 is 28.5. The third-order valence-corrected chi connectivity index (χ3v) is 4.01. The number of nitrogens with zero attached hydrogens (tertiary/aromatic N) is 1. The first kappa shape index (κ1) is 18.1. The van der Waals surface area contributed by atoms with Gasteiger partial charge in [-0.1, -0.05) is 19.1 Å². The van der Waals surface area contributed by atoms with Crippen LogP contribution in [0.4, 0.5) is 8.78 Å². The van der Waals surface area contributed by atoms with Crippen molar-refractivity contribution < 1.29 is 13.5 Å². The van der Waals surface area contributed by atoms with Crippen LogP contribution in [0.25, 0.3) is 0 Å². The number of ether oxygens (including phenoxy) is 1. The maximum atomic E-state index is 12.1. The van der Waals surface area contributed by atoms with Crippen LogP contribution in [-0.4, -0.2) is 30.6 Å². The number of rotatable bonds is 5. The lowest BCUT2D eigenvalue weighted by atomic mass is 9.90. The SMILES string of the molecule is CC1CCCN(Cc2ccc(OC(F)F)cc2)C1CN.Cl. The Morgan fingerprint density at radius 3 is 2.57 bits per heavy atom. The predicted molar refractivity (Wildman–Crippen MR) is 82.0 cm³/mol. The summed E-state index contributed by atoms with van der Waals surface area (Å²) in [6.07, 6.45) is 2.41. The Hall–Kier alpha value is -0.910. The van der Waals surface area contributed by atoms with E-state index in [1.165, 1.54) is 12.8 Å². The molecular weight excluding hydrogens is 298 g/mol. The molecule has 0 aromatic heterocycles. The van der Waals surface area contributed by atoms with Crippen LogP contribution < -0.4 is 10.5 Å². The fraction of sp³-hybridized carbons (Fsp3) is 0.600. The first-order chi connectivity index (χ1) is 9.60. The normalized spacial score (nSPS) is 22.9. The van der Waals surface area contributed by atoms with E-state index < -0.39 is 6.61 Å². The molecule has 0 bridgehead atoms. The highest BCUT2D eigenvalue weighted by Crippen LogP contribution is 2.25. The van der Waals surface area contributed by atoms with Crippen LogP contribution in [0.5, 0.6) is 5.75 Å². The molecule has 2 rings (SSSR count). The number of benzene rings is 1. The Labute approximate surface area is 130 Å². The minimum Gasteiger partial charge on any atom is -0.435 e. The minimum atomic E-state index is -2.77. The maximum absolute atomic E-state index is 12.1. The van der Waals surface area contributed by atoms with Gasteiger partial charge in [-0.05, 0) is 43.0 Å². The van der Waals surface area contributed by atoms with Crippen LogP contribution >= 0.6 is 12.4 Å². The van der Waals surface area contributed by atoms with Gasteiger partial charge >= 0.3 is 6.61 Å². The number of hydrogen-bond donors (Lipinski definition) is 1. The second kappa shape index (κ2) is 8.51. The summed E-state index contributed by atoms with van der Waals surface area (Å²) in [6.45, 7) is 1.98. The smallest absolute Gasteiger partial charge is 0.387 e. The summed E-state index contributed by atoms with van der Waals surface area (Å²) >= 11 is 0. The zero-order chi connectivity index (χ0) is 14.5. The van der Waals surface area contributed by atoms with E-state index >= 15 is 0 Å². The molecule has 0 amide bonds. The van der Waals surface area contributed by atoms with Gasteiger partial charge in [0, 0.05) is 19.1 Å². The zero-order valence-electron chi connectivity index (χ0n) is 12.2. The molecule has 0 aliphatic carbocycles. The third-order valence-electron chi connectivity index (χ3n) is 4.01. The van der Waals surface area contributed by atoms with Crippen LogP contribution in [0.2, 0.25) is 0 Å². The highest BCUT2D eigenvalue weighted by molar-refractivity contribution is 5.85. The third kappa shape index (κ3) is 5.09. The summed E-state index contributed by atoms with van der Waals surface area (Å²) in [6, 6.07) is 7.26. The molecule has 1 fully saturated rings. The quantitative estimate of drug-likeness (QED) is 0.905. The molecule has 2 N–H and O–H groups in total. The van der Waals surface area contributed by atoms with E-state index in [1.807, 2.05) is 12.1 Å². The van der Waals surface area contributed by atoms with Gasteiger partial charge in [-0.2, -0.15) is 8.78 Å². The highest BCUT2D eigenvalue weighted by atomic mass is 35.5. The molecule has 0 spiro atoms. The van der Waals surface area contributed by atoms with E-state index in [4.69, 9.17) is 5.73 Å². The van der Waals surface area contributed by atoms with Crippen LogP contribution in [0.15, 0.2) is 24.3 Å². The van der Waals surface area contributed by atoms with Gasteiger partial charge in [0.05, 0.1) is 0 Å². The molecular formula is C15H23ClF2N2O. The summed E-state index contributed by atoms with van der Waals surface area (Å²) in [5, 5.41) is 0. The lowest BCUT2D eigenvalue weighted by Gasteiger charge is -2.39. The van der Waals surface area contributed by atoms with E-state index in [9.17, 15) is 8.78 Å². The predicted octanol–water partition coefficient (Wildman–Crippen LogP) is 3.27. The molecule has 1 heterocycles. The Morgan fingerprint density at radius 2 is 2.00 bits per heavy atom. The minimum absolute atomic E-state index is 0. The van der Waals surface area contributed by atoms with Crippen molar-refractivity contribution in [2.24, 2.45) is 11.7 Å². The number of nitrogens with two attached hydrogens (primary N) is 1. The van der Waals surface area contributed by atoms with Gasteiger partial charge in [-0.15, -0.1) is 12.4 Å². The van der Waals surface area contributed by atoms with Crippen LogP contribution in [0.3, 0.4) is 0 Å². The Balaban J connectivity index is 0.00000220. The Bertz CT molecular complexity index is 417. The molecule has 1 aliphatic heterocycles. The molecule has 1 aliphatic rings. The zero-order valence-corrected chi connectivity index (χ0v) is 13.0. The fourth-order valence-corrected chi connectivity index (χ4v) is 2.92. The molecule has 0 radical (unpaired) electrons. The average Bonchev–Trinajstić information content (AvgIpc) is 2.41. The molecule has 6 heteroatoms. The molecule has 21 heavy (non-hydrogen) atoms. The van der Waals surface area contributed by atoms with Gasteiger partial charge < -0.3 is 10.5 Å². The first-order valence-electron chi connectivity index (χ1n) is 7.08. The molecule has 1 aromatic carbocycles. The highest BCUT2D eigenvalue weighted by Gasteiger charge is 2.27.